The summed E-state index contributed by atoms with van der Waals surface area (Å²) in [5, 5.41) is 15.5. The van der Waals surface area contributed by atoms with E-state index in [2.05, 4.69) is 30.6 Å². The Kier molecular flexibility index (Phi) is 9.45. The molecule has 0 bridgehead atoms. The highest BCUT2D eigenvalue weighted by atomic mass is 16.5. The predicted octanol–water partition coefficient (Wildman–Crippen LogP) is 2.25. The van der Waals surface area contributed by atoms with Crippen molar-refractivity contribution in [3.8, 4) is 11.6 Å². The predicted molar refractivity (Wildman–Crippen MR) is 149 cm³/mol. The van der Waals surface area contributed by atoms with E-state index in [1.807, 2.05) is 43.3 Å². The number of nitrogens with one attached hydrogen (secondary N) is 1. The van der Waals surface area contributed by atoms with Crippen LogP contribution in [0.3, 0.4) is 0 Å². The van der Waals surface area contributed by atoms with Crippen molar-refractivity contribution >= 4 is 11.8 Å². The Labute approximate surface area is 238 Å². The zero-order chi connectivity index (χ0) is 28.4. The second kappa shape index (κ2) is 13.8. The number of carbonyl (C=O) groups excluding carboxylic acids is 2. The summed E-state index contributed by atoms with van der Waals surface area (Å²) in [6.45, 7) is 6.21. The minimum Gasteiger partial charge on any atom is -0.458 e. The molecule has 0 spiro atoms. The molecule has 5 rings (SSSR count). The Morgan fingerprint density at radius 2 is 1.83 bits per heavy atom. The van der Waals surface area contributed by atoms with E-state index >= 15 is 0 Å². The van der Waals surface area contributed by atoms with Crippen LogP contribution in [0.25, 0.3) is 11.6 Å². The zero-order valence-electron chi connectivity index (χ0n) is 23.1. The lowest BCUT2D eigenvalue weighted by molar-refractivity contribution is -0.142. The fourth-order valence-electron chi connectivity index (χ4n) is 4.76. The van der Waals surface area contributed by atoms with E-state index in [1.165, 1.54) is 4.80 Å². The van der Waals surface area contributed by atoms with Gasteiger partial charge in [0, 0.05) is 45.1 Å². The van der Waals surface area contributed by atoms with Crippen LogP contribution in [0.1, 0.15) is 29.3 Å². The number of amides is 2. The summed E-state index contributed by atoms with van der Waals surface area (Å²) in [5.74, 6) is 0.899. The highest BCUT2D eigenvalue weighted by Crippen LogP contribution is 2.23. The molecule has 4 aromatic rings. The quantitative estimate of drug-likeness (QED) is 0.278. The van der Waals surface area contributed by atoms with Gasteiger partial charge in [0.25, 0.3) is 0 Å². The number of aryl methyl sites for hydroxylation is 1. The lowest BCUT2D eigenvalue weighted by atomic mass is 10.0. The van der Waals surface area contributed by atoms with Crippen LogP contribution < -0.4 is 5.32 Å². The Balaban J connectivity index is 1.37. The molecule has 41 heavy (non-hydrogen) atoms. The smallest absolute Gasteiger partial charge is 0.247 e. The van der Waals surface area contributed by atoms with Gasteiger partial charge in [0.1, 0.15) is 18.3 Å². The first-order valence-corrected chi connectivity index (χ1v) is 13.7. The van der Waals surface area contributed by atoms with Gasteiger partial charge in [-0.05, 0) is 54.0 Å². The van der Waals surface area contributed by atoms with Gasteiger partial charge in [0.15, 0.2) is 5.76 Å². The largest absolute Gasteiger partial charge is 0.458 e. The van der Waals surface area contributed by atoms with E-state index in [0.717, 1.165) is 31.0 Å². The summed E-state index contributed by atoms with van der Waals surface area (Å²) in [7, 11) is 0. The highest BCUT2D eigenvalue weighted by Gasteiger charge is 2.32. The van der Waals surface area contributed by atoms with Crippen molar-refractivity contribution in [2.24, 2.45) is 0 Å². The molecule has 12 nitrogen and oxygen atoms in total. The number of hydrogen-bond acceptors (Lipinski definition) is 9. The molecule has 0 radical (unpaired) electrons. The Hall–Kier alpha value is -4.42. The van der Waals surface area contributed by atoms with Crippen LogP contribution in [0.2, 0.25) is 0 Å². The van der Waals surface area contributed by atoms with Gasteiger partial charge in [-0.1, -0.05) is 30.3 Å². The van der Waals surface area contributed by atoms with Crippen LogP contribution in [-0.2, 0) is 27.4 Å². The molecule has 0 aliphatic carbocycles. The summed E-state index contributed by atoms with van der Waals surface area (Å²) >= 11 is 0. The van der Waals surface area contributed by atoms with Gasteiger partial charge in [0.2, 0.25) is 17.6 Å². The maximum atomic E-state index is 13.9. The first-order chi connectivity index (χ1) is 20.1. The summed E-state index contributed by atoms with van der Waals surface area (Å²) in [5.41, 5.74) is 1.63. The molecule has 1 N–H and O–H groups in total. The number of morpholine rings is 1. The van der Waals surface area contributed by atoms with Crippen LogP contribution in [0.4, 0.5) is 0 Å². The number of benzene rings is 1. The van der Waals surface area contributed by atoms with Crippen LogP contribution in [-0.4, -0.2) is 86.2 Å². The molecule has 2 amide bonds. The molecule has 1 aliphatic heterocycles. The van der Waals surface area contributed by atoms with Crippen LogP contribution in [0, 0.1) is 6.92 Å². The highest BCUT2D eigenvalue weighted by molar-refractivity contribution is 5.88. The molecule has 12 heteroatoms. The van der Waals surface area contributed by atoms with Gasteiger partial charge >= 0.3 is 0 Å². The van der Waals surface area contributed by atoms with Crippen molar-refractivity contribution in [3.05, 3.63) is 83.9 Å². The maximum Gasteiger partial charge on any atom is 0.247 e. The Bertz CT molecular complexity index is 1400. The molecule has 4 heterocycles. The summed E-state index contributed by atoms with van der Waals surface area (Å²) in [4.78, 5) is 36.9. The van der Waals surface area contributed by atoms with Crippen molar-refractivity contribution in [1.82, 2.24) is 40.3 Å². The molecule has 1 fully saturated rings. The minimum atomic E-state index is -0.866. The number of tetrazole rings is 1. The third kappa shape index (κ3) is 7.62. The van der Waals surface area contributed by atoms with E-state index in [1.54, 1.807) is 35.5 Å². The zero-order valence-corrected chi connectivity index (χ0v) is 23.1. The molecular formula is C29H34N8O4. The van der Waals surface area contributed by atoms with Crippen molar-refractivity contribution in [2.45, 2.75) is 32.5 Å². The van der Waals surface area contributed by atoms with E-state index in [0.29, 0.717) is 44.0 Å². The van der Waals surface area contributed by atoms with Gasteiger partial charge in [-0.2, -0.15) is 4.80 Å². The molecule has 1 saturated heterocycles. The molecule has 0 saturated carbocycles. The molecule has 3 aromatic heterocycles. The Morgan fingerprint density at radius 1 is 1.05 bits per heavy atom. The standard InChI is InChI=1S/C29H34N8O4/c1-22-8-9-25(41-22)28-32-34-37(33-28)21-26(38)36(15-5-14-35-16-18-40-19-17-35)27(24-10-12-30-13-11-24)29(39)31-20-23-6-3-2-4-7-23/h2-4,6-13,27H,5,14-21H2,1H3,(H,31,39)/t27-/m0/s1. The second-order valence-corrected chi connectivity index (χ2v) is 9.83. The SMILES string of the molecule is Cc1ccc(-c2nnn(CC(=O)N(CCCN3CCOCC3)[C@H](C(=O)NCc3ccccc3)c3ccncc3)n2)o1. The van der Waals surface area contributed by atoms with Gasteiger partial charge < -0.3 is 19.4 Å². The van der Waals surface area contributed by atoms with Crippen molar-refractivity contribution in [2.75, 3.05) is 39.4 Å². The van der Waals surface area contributed by atoms with Crippen molar-refractivity contribution in [1.29, 1.82) is 0 Å². The lowest BCUT2D eigenvalue weighted by Crippen LogP contribution is -2.46. The molecule has 214 valence electrons. The average molecular weight is 559 g/mol. The number of rotatable bonds is 12. The van der Waals surface area contributed by atoms with E-state index < -0.39 is 6.04 Å². The van der Waals surface area contributed by atoms with Crippen LogP contribution >= 0.6 is 0 Å². The molecule has 1 aliphatic rings. The normalized spacial score (nSPS) is 14.5. The molecule has 1 aromatic carbocycles. The van der Waals surface area contributed by atoms with E-state index in [9.17, 15) is 9.59 Å². The van der Waals surface area contributed by atoms with Gasteiger partial charge in [0.05, 0.1) is 13.2 Å². The number of hydrogen-bond donors (Lipinski definition) is 1. The third-order valence-corrected chi connectivity index (χ3v) is 6.88. The summed E-state index contributed by atoms with van der Waals surface area (Å²) in [6.07, 6.45) is 3.93. The maximum absolute atomic E-state index is 13.9. The topological polar surface area (TPSA) is 132 Å². The van der Waals surface area contributed by atoms with Gasteiger partial charge in [-0.25, -0.2) is 0 Å². The first-order valence-electron chi connectivity index (χ1n) is 13.7. The average Bonchev–Trinajstić information content (AvgIpc) is 3.66. The minimum absolute atomic E-state index is 0.183. The van der Waals surface area contributed by atoms with Crippen LogP contribution in [0.15, 0.2) is 71.4 Å². The second-order valence-electron chi connectivity index (χ2n) is 9.83. The van der Waals surface area contributed by atoms with Gasteiger partial charge in [-0.3, -0.25) is 19.5 Å². The Morgan fingerprint density at radius 3 is 2.56 bits per heavy atom. The van der Waals surface area contributed by atoms with Crippen molar-refractivity contribution in [3.63, 3.8) is 0 Å². The fourth-order valence-corrected chi connectivity index (χ4v) is 4.76. The number of furan rings is 1. The molecule has 1 atom stereocenters. The lowest BCUT2D eigenvalue weighted by Gasteiger charge is -2.32. The number of aromatic nitrogens is 5. The number of ether oxygens (including phenoxy) is 1. The number of nitrogens with zero attached hydrogens (tertiary/aromatic N) is 7. The summed E-state index contributed by atoms with van der Waals surface area (Å²) in [6, 6.07) is 15.9. The van der Waals surface area contributed by atoms with Gasteiger partial charge in [-0.15, -0.1) is 10.2 Å². The fraction of sp³-hybridized carbons (Fsp3) is 0.379. The summed E-state index contributed by atoms with van der Waals surface area (Å²) < 4.78 is 11.1. The molecule has 0 unspecified atom stereocenters. The van der Waals surface area contributed by atoms with Crippen LogP contribution in [0.5, 0.6) is 0 Å². The number of pyridine rings is 1. The van der Waals surface area contributed by atoms with E-state index in [-0.39, 0.29) is 24.2 Å². The molecular weight excluding hydrogens is 524 g/mol. The first kappa shape index (κ1) is 28.1. The third-order valence-electron chi connectivity index (χ3n) is 6.88. The number of carbonyl (C=O) groups is 2. The monoisotopic (exact) mass is 558 g/mol. The van der Waals surface area contributed by atoms with Crippen molar-refractivity contribution < 1.29 is 18.7 Å². The van der Waals surface area contributed by atoms with E-state index in [4.69, 9.17) is 9.15 Å².